The molecule has 5 heteroatoms. The Balaban J connectivity index is 3.50. The minimum absolute atomic E-state index is 0.0738. The summed E-state index contributed by atoms with van der Waals surface area (Å²) >= 11 is 5.31. The lowest BCUT2D eigenvalue weighted by atomic mass is 10.4. The molecule has 0 bridgehead atoms. The largest absolute Gasteiger partial charge is 0.502 e. The van der Waals surface area contributed by atoms with E-state index in [0.29, 0.717) is 0 Å². The Bertz CT molecular complexity index is 306. The van der Waals surface area contributed by atoms with Crippen LogP contribution < -0.4 is 5.56 Å². The third-order valence-electron chi connectivity index (χ3n) is 0.999. The number of aromatic nitrogens is 1. The fraction of sp³-hybridized carbons (Fsp3) is 0. The van der Waals surface area contributed by atoms with Crippen molar-refractivity contribution in [2.24, 2.45) is 0 Å². The summed E-state index contributed by atoms with van der Waals surface area (Å²) in [5.41, 5.74) is -0.924. The monoisotopic (exact) mass is 161 g/mol. The van der Waals surface area contributed by atoms with Crippen molar-refractivity contribution in [3.05, 3.63) is 27.6 Å². The van der Waals surface area contributed by atoms with Crippen molar-refractivity contribution in [2.75, 3.05) is 0 Å². The Morgan fingerprint density at radius 3 is 2.70 bits per heavy atom. The first-order valence-electron chi connectivity index (χ1n) is 2.42. The number of rotatable bonds is 0. The maximum Gasteiger partial charge on any atom is 0.326 e. The average Bonchev–Trinajstić information content (AvgIpc) is 1.93. The summed E-state index contributed by atoms with van der Waals surface area (Å²) in [4.78, 5) is 10.6. The van der Waals surface area contributed by atoms with Crippen LogP contribution in [0.4, 0.5) is 0 Å². The van der Waals surface area contributed by atoms with Gasteiger partial charge >= 0.3 is 5.56 Å². The van der Waals surface area contributed by atoms with Crippen molar-refractivity contribution in [1.29, 1.82) is 0 Å². The van der Waals surface area contributed by atoms with Crippen LogP contribution in [0, 0.1) is 0 Å². The molecule has 0 spiro atoms. The predicted molar refractivity (Wildman–Crippen MR) is 34.6 cm³/mol. The SMILES string of the molecule is O=c1c(O)c(Cl)ccn1O. The zero-order valence-electron chi connectivity index (χ0n) is 4.78. The van der Waals surface area contributed by atoms with Crippen LogP contribution in [0.5, 0.6) is 5.75 Å². The average molecular weight is 162 g/mol. The Kier molecular flexibility index (Phi) is 1.55. The maximum absolute atomic E-state index is 10.6. The number of pyridine rings is 1. The molecular formula is C5H4ClNO3. The van der Waals surface area contributed by atoms with Crippen molar-refractivity contribution in [3.8, 4) is 5.75 Å². The van der Waals surface area contributed by atoms with E-state index >= 15 is 0 Å². The lowest BCUT2D eigenvalue weighted by Gasteiger charge is -1.96. The first-order valence-corrected chi connectivity index (χ1v) is 2.80. The molecule has 1 aromatic rings. The Morgan fingerprint density at radius 2 is 2.20 bits per heavy atom. The van der Waals surface area contributed by atoms with Gasteiger partial charge in [-0.3, -0.25) is 4.79 Å². The van der Waals surface area contributed by atoms with E-state index in [0.717, 1.165) is 6.20 Å². The third kappa shape index (κ3) is 0.930. The Morgan fingerprint density at radius 1 is 1.60 bits per heavy atom. The van der Waals surface area contributed by atoms with E-state index in [1.165, 1.54) is 6.07 Å². The van der Waals surface area contributed by atoms with Gasteiger partial charge in [0.25, 0.3) is 0 Å². The van der Waals surface area contributed by atoms with Crippen LogP contribution in [-0.2, 0) is 0 Å². The highest BCUT2D eigenvalue weighted by Crippen LogP contribution is 2.15. The highest BCUT2D eigenvalue weighted by Gasteiger charge is 2.03. The van der Waals surface area contributed by atoms with Gasteiger partial charge in [0.05, 0.1) is 5.02 Å². The second-order valence-electron chi connectivity index (χ2n) is 1.66. The molecule has 1 heterocycles. The van der Waals surface area contributed by atoms with Gasteiger partial charge < -0.3 is 10.3 Å². The zero-order chi connectivity index (χ0) is 7.72. The normalized spacial score (nSPS) is 9.70. The molecule has 1 rings (SSSR count). The van der Waals surface area contributed by atoms with Crippen molar-refractivity contribution >= 4 is 11.6 Å². The van der Waals surface area contributed by atoms with E-state index in [2.05, 4.69) is 0 Å². The topological polar surface area (TPSA) is 62.5 Å². The molecule has 0 aliphatic carbocycles. The number of nitrogens with zero attached hydrogens (tertiary/aromatic N) is 1. The minimum Gasteiger partial charge on any atom is -0.502 e. The first kappa shape index (κ1) is 6.95. The summed E-state index contributed by atoms with van der Waals surface area (Å²) < 4.78 is 0.251. The molecular weight excluding hydrogens is 158 g/mol. The quantitative estimate of drug-likeness (QED) is 0.543. The van der Waals surface area contributed by atoms with Gasteiger partial charge in [0, 0.05) is 6.20 Å². The fourth-order valence-electron chi connectivity index (χ4n) is 0.493. The summed E-state index contributed by atoms with van der Waals surface area (Å²) in [6, 6.07) is 1.21. The fourth-order valence-corrected chi connectivity index (χ4v) is 0.631. The molecule has 0 fully saturated rings. The molecule has 0 amide bonds. The highest BCUT2D eigenvalue weighted by atomic mass is 35.5. The number of hydrogen-bond donors (Lipinski definition) is 2. The van der Waals surface area contributed by atoms with Gasteiger partial charge in [-0.05, 0) is 6.07 Å². The summed E-state index contributed by atoms with van der Waals surface area (Å²) in [5, 5.41) is 17.3. The molecule has 1 aromatic heterocycles. The van der Waals surface area contributed by atoms with Crippen molar-refractivity contribution in [2.45, 2.75) is 0 Å². The lowest BCUT2D eigenvalue weighted by molar-refractivity contribution is 0.171. The number of hydrogen-bond acceptors (Lipinski definition) is 3. The molecule has 0 aliphatic rings. The standard InChI is InChI=1S/C5H4ClNO3/c6-3-1-2-7(10)5(9)4(3)8/h1-2,8,10H. The van der Waals surface area contributed by atoms with Crippen LogP contribution in [-0.4, -0.2) is 15.0 Å². The number of halogens is 1. The van der Waals surface area contributed by atoms with Gasteiger partial charge in [0.2, 0.25) is 5.75 Å². The van der Waals surface area contributed by atoms with Crippen LogP contribution in [0.3, 0.4) is 0 Å². The van der Waals surface area contributed by atoms with Gasteiger partial charge in [-0.25, -0.2) is 0 Å². The van der Waals surface area contributed by atoms with E-state index in [1.807, 2.05) is 0 Å². The summed E-state index contributed by atoms with van der Waals surface area (Å²) in [6.45, 7) is 0. The van der Waals surface area contributed by atoms with Crippen molar-refractivity contribution in [3.63, 3.8) is 0 Å². The van der Waals surface area contributed by atoms with Crippen LogP contribution in [0.15, 0.2) is 17.1 Å². The van der Waals surface area contributed by atoms with Gasteiger partial charge in [0.15, 0.2) is 0 Å². The molecule has 0 radical (unpaired) electrons. The molecule has 0 saturated heterocycles. The molecule has 0 aromatic carbocycles. The Labute approximate surface area is 60.9 Å². The van der Waals surface area contributed by atoms with E-state index in [-0.39, 0.29) is 9.75 Å². The molecule has 0 saturated carbocycles. The van der Waals surface area contributed by atoms with E-state index in [9.17, 15) is 4.79 Å². The van der Waals surface area contributed by atoms with Gasteiger partial charge in [0.1, 0.15) is 0 Å². The van der Waals surface area contributed by atoms with Crippen LogP contribution in [0.1, 0.15) is 0 Å². The molecule has 54 valence electrons. The Hall–Kier alpha value is -1.16. The van der Waals surface area contributed by atoms with Crippen LogP contribution >= 0.6 is 11.6 Å². The highest BCUT2D eigenvalue weighted by molar-refractivity contribution is 6.31. The van der Waals surface area contributed by atoms with Crippen LogP contribution in [0.25, 0.3) is 0 Å². The molecule has 10 heavy (non-hydrogen) atoms. The van der Waals surface area contributed by atoms with Crippen molar-refractivity contribution < 1.29 is 10.3 Å². The van der Waals surface area contributed by atoms with Crippen molar-refractivity contribution in [1.82, 2.24) is 4.73 Å². The molecule has 0 aliphatic heterocycles. The zero-order valence-corrected chi connectivity index (χ0v) is 5.54. The second-order valence-corrected chi connectivity index (χ2v) is 2.07. The summed E-state index contributed by atoms with van der Waals surface area (Å²) in [7, 11) is 0. The molecule has 2 N–H and O–H groups in total. The molecule has 0 unspecified atom stereocenters. The lowest BCUT2D eigenvalue weighted by Crippen LogP contribution is -2.15. The number of aromatic hydroxyl groups is 1. The van der Waals surface area contributed by atoms with E-state index in [1.54, 1.807) is 0 Å². The van der Waals surface area contributed by atoms with Crippen LogP contribution in [0.2, 0.25) is 5.02 Å². The second kappa shape index (κ2) is 2.22. The third-order valence-corrected chi connectivity index (χ3v) is 1.30. The maximum atomic E-state index is 10.6. The molecule has 0 atom stereocenters. The van der Waals surface area contributed by atoms with Gasteiger partial charge in [-0.2, -0.15) is 4.73 Å². The van der Waals surface area contributed by atoms with Gasteiger partial charge in [-0.15, -0.1) is 0 Å². The van der Waals surface area contributed by atoms with E-state index < -0.39 is 11.3 Å². The minimum atomic E-state index is -0.924. The molecule has 4 nitrogen and oxygen atoms in total. The smallest absolute Gasteiger partial charge is 0.326 e. The first-order chi connectivity index (χ1) is 4.63. The van der Waals surface area contributed by atoms with Gasteiger partial charge in [-0.1, -0.05) is 11.6 Å². The summed E-state index contributed by atoms with van der Waals surface area (Å²) in [6.07, 6.45) is 1.05. The summed E-state index contributed by atoms with van der Waals surface area (Å²) in [5.74, 6) is -0.647. The predicted octanol–water partition coefficient (Wildman–Crippen LogP) is 0.445. The van der Waals surface area contributed by atoms with E-state index in [4.69, 9.17) is 21.9 Å².